The summed E-state index contributed by atoms with van der Waals surface area (Å²) in [5.41, 5.74) is 3.05. The molecule has 0 aliphatic carbocycles. The molecule has 1 aliphatic rings. The average Bonchev–Trinajstić information content (AvgIpc) is 3.14. The lowest BCUT2D eigenvalue weighted by atomic mass is 10.0. The third-order valence-corrected chi connectivity index (χ3v) is 4.85. The van der Waals surface area contributed by atoms with E-state index in [1.54, 1.807) is 48.2 Å². The number of aryl methyl sites for hydroxylation is 1. The highest BCUT2D eigenvalue weighted by Gasteiger charge is 2.19. The molecule has 1 saturated heterocycles. The maximum Gasteiger partial charge on any atom is 0.322 e. The number of hydrogen-bond donors (Lipinski definition) is 3. The van der Waals surface area contributed by atoms with Gasteiger partial charge in [0.25, 0.3) is 6.47 Å². The van der Waals surface area contributed by atoms with Crippen molar-refractivity contribution in [3.05, 3.63) is 53.9 Å². The minimum absolute atomic E-state index is 0.0465. The lowest BCUT2D eigenvalue weighted by molar-refractivity contribution is -0.122. The molecule has 33 heavy (non-hydrogen) atoms. The third-order valence-electron chi connectivity index (χ3n) is 4.85. The van der Waals surface area contributed by atoms with Crippen LogP contribution in [0.3, 0.4) is 0 Å². The van der Waals surface area contributed by atoms with Crippen LogP contribution in [0.4, 0.5) is 10.5 Å². The van der Waals surface area contributed by atoms with Crippen LogP contribution in [0.25, 0.3) is 16.9 Å². The largest absolute Gasteiger partial charge is 0.493 e. The summed E-state index contributed by atoms with van der Waals surface area (Å²) in [5, 5.41) is 33.8. The van der Waals surface area contributed by atoms with Gasteiger partial charge in [0, 0.05) is 13.1 Å². The summed E-state index contributed by atoms with van der Waals surface area (Å²) >= 11 is 0. The van der Waals surface area contributed by atoms with Gasteiger partial charge in [-0.2, -0.15) is 15.0 Å². The van der Waals surface area contributed by atoms with Crippen LogP contribution in [0.5, 0.6) is 5.88 Å². The van der Waals surface area contributed by atoms with E-state index in [1.165, 1.54) is 10.9 Å². The summed E-state index contributed by atoms with van der Waals surface area (Å²) in [6.07, 6.45) is 1.52. The van der Waals surface area contributed by atoms with Gasteiger partial charge < -0.3 is 25.2 Å². The summed E-state index contributed by atoms with van der Waals surface area (Å²) < 4.78 is 6.59. The van der Waals surface area contributed by atoms with Crippen LogP contribution in [-0.2, 0) is 9.53 Å². The zero-order valence-corrected chi connectivity index (χ0v) is 17.8. The van der Waals surface area contributed by atoms with Crippen LogP contribution in [-0.4, -0.2) is 68.7 Å². The predicted octanol–water partition coefficient (Wildman–Crippen LogP) is 2.38. The first-order chi connectivity index (χ1) is 16.0. The topological polar surface area (TPSA) is 154 Å². The quantitative estimate of drug-likeness (QED) is 0.514. The van der Waals surface area contributed by atoms with Crippen molar-refractivity contribution in [3.8, 4) is 28.9 Å². The van der Waals surface area contributed by atoms with Crippen LogP contribution < -0.4 is 5.32 Å². The van der Waals surface area contributed by atoms with E-state index in [4.69, 9.17) is 19.9 Å². The summed E-state index contributed by atoms with van der Waals surface area (Å²) in [6, 6.07) is 12.2. The fourth-order valence-electron chi connectivity index (χ4n) is 3.28. The number of anilines is 1. The predicted molar refractivity (Wildman–Crippen MR) is 118 cm³/mol. The number of aromatic hydroxyl groups is 1. The molecule has 3 N–H and O–H groups in total. The van der Waals surface area contributed by atoms with E-state index >= 15 is 0 Å². The molecule has 1 aromatic carbocycles. The van der Waals surface area contributed by atoms with Crippen molar-refractivity contribution in [2.45, 2.75) is 6.92 Å². The molecule has 11 nitrogen and oxygen atoms in total. The van der Waals surface area contributed by atoms with Crippen molar-refractivity contribution < 1.29 is 24.5 Å². The highest BCUT2D eigenvalue weighted by Crippen LogP contribution is 2.34. The van der Waals surface area contributed by atoms with Crippen molar-refractivity contribution in [2.75, 3.05) is 31.6 Å². The summed E-state index contributed by atoms with van der Waals surface area (Å²) in [6.45, 7) is 3.71. The first-order valence-corrected chi connectivity index (χ1v) is 9.95. The SMILES string of the molecule is Cc1nn(-c2ccc(NC(=O)N3CCOCC3)cn2)c(O)c1-c1ccc(C#N)cc1.O=CO. The number of carbonyl (C=O) groups is 2. The standard InChI is InChI=1S/C21H20N6O3.CH2O2/c1-14-19(16-4-2-15(12-22)3-5-16)20(28)27(25-14)18-7-6-17(13-23-18)24-21(29)26-8-10-30-11-9-26;2-1-3/h2-7,13,28H,8-11H2,1H3,(H,24,29);1H,(H,2,3). The number of nitrogens with zero attached hydrogens (tertiary/aromatic N) is 5. The molecular formula is C22H22N6O5. The van der Waals surface area contributed by atoms with Crippen LogP contribution in [0, 0.1) is 18.3 Å². The maximum absolute atomic E-state index is 12.3. The second-order valence-corrected chi connectivity index (χ2v) is 6.93. The molecule has 2 amide bonds. The van der Waals surface area contributed by atoms with Crippen molar-refractivity contribution in [3.63, 3.8) is 0 Å². The highest BCUT2D eigenvalue weighted by atomic mass is 16.5. The Morgan fingerprint density at radius 3 is 2.45 bits per heavy atom. The number of hydrogen-bond acceptors (Lipinski definition) is 7. The summed E-state index contributed by atoms with van der Waals surface area (Å²) in [5.74, 6) is 0.370. The monoisotopic (exact) mass is 450 g/mol. The second-order valence-electron chi connectivity index (χ2n) is 6.93. The molecule has 0 bridgehead atoms. The van der Waals surface area contributed by atoms with E-state index in [1.807, 2.05) is 0 Å². The Morgan fingerprint density at radius 2 is 1.88 bits per heavy atom. The molecule has 4 rings (SSSR count). The number of morpholine rings is 1. The zero-order chi connectivity index (χ0) is 23.8. The number of carbonyl (C=O) groups excluding carboxylic acids is 1. The minimum Gasteiger partial charge on any atom is -0.493 e. The molecular weight excluding hydrogens is 428 g/mol. The second kappa shape index (κ2) is 10.7. The van der Waals surface area contributed by atoms with Gasteiger partial charge in [-0.05, 0) is 36.8 Å². The molecule has 3 aromatic rings. The molecule has 1 aliphatic heterocycles. The zero-order valence-electron chi connectivity index (χ0n) is 17.8. The van der Waals surface area contributed by atoms with Gasteiger partial charge in [-0.1, -0.05) is 12.1 Å². The third kappa shape index (κ3) is 5.44. The van der Waals surface area contributed by atoms with Crippen LogP contribution >= 0.6 is 0 Å². The van der Waals surface area contributed by atoms with Gasteiger partial charge in [0.2, 0.25) is 5.88 Å². The Bertz CT molecular complexity index is 1150. The average molecular weight is 450 g/mol. The van der Waals surface area contributed by atoms with Gasteiger partial charge in [-0.3, -0.25) is 4.79 Å². The van der Waals surface area contributed by atoms with Gasteiger partial charge >= 0.3 is 6.03 Å². The van der Waals surface area contributed by atoms with Gasteiger partial charge in [-0.25, -0.2) is 9.78 Å². The van der Waals surface area contributed by atoms with Gasteiger partial charge in [0.05, 0.1) is 48.0 Å². The Balaban J connectivity index is 0.000000968. The number of nitrogens with one attached hydrogen (secondary N) is 1. The van der Waals surface area contributed by atoms with Crippen molar-refractivity contribution in [2.24, 2.45) is 0 Å². The van der Waals surface area contributed by atoms with E-state index in [0.29, 0.717) is 54.6 Å². The van der Waals surface area contributed by atoms with E-state index in [0.717, 1.165) is 5.56 Å². The van der Waals surface area contributed by atoms with E-state index < -0.39 is 0 Å². The molecule has 3 heterocycles. The smallest absolute Gasteiger partial charge is 0.322 e. The lowest BCUT2D eigenvalue weighted by Crippen LogP contribution is -2.43. The number of aromatic nitrogens is 3. The molecule has 11 heteroatoms. The van der Waals surface area contributed by atoms with Crippen LogP contribution in [0.1, 0.15) is 11.3 Å². The number of benzene rings is 1. The van der Waals surface area contributed by atoms with E-state index in [-0.39, 0.29) is 18.4 Å². The number of pyridine rings is 1. The Labute approximate surface area is 189 Å². The first-order valence-electron chi connectivity index (χ1n) is 9.95. The fourth-order valence-corrected chi connectivity index (χ4v) is 3.28. The van der Waals surface area contributed by atoms with E-state index in [2.05, 4.69) is 21.5 Å². The van der Waals surface area contributed by atoms with Crippen molar-refractivity contribution in [1.29, 1.82) is 5.26 Å². The van der Waals surface area contributed by atoms with Crippen molar-refractivity contribution in [1.82, 2.24) is 19.7 Å². The number of amides is 2. The number of rotatable bonds is 3. The fraction of sp³-hybridized carbons (Fsp3) is 0.227. The van der Waals surface area contributed by atoms with Gasteiger partial charge in [0.15, 0.2) is 5.82 Å². The molecule has 2 aromatic heterocycles. The molecule has 0 unspecified atom stereocenters. The number of carboxylic acid groups (broad SMARTS) is 1. The molecule has 0 spiro atoms. The highest BCUT2D eigenvalue weighted by molar-refractivity contribution is 5.89. The molecule has 1 fully saturated rings. The number of nitriles is 1. The van der Waals surface area contributed by atoms with Crippen LogP contribution in [0.15, 0.2) is 42.6 Å². The number of urea groups is 1. The van der Waals surface area contributed by atoms with Gasteiger partial charge in [0.1, 0.15) is 0 Å². The summed E-state index contributed by atoms with van der Waals surface area (Å²) in [7, 11) is 0. The van der Waals surface area contributed by atoms with E-state index in [9.17, 15) is 9.90 Å². The van der Waals surface area contributed by atoms with Crippen LogP contribution in [0.2, 0.25) is 0 Å². The first kappa shape index (κ1) is 23.2. The Kier molecular flexibility index (Phi) is 7.56. The van der Waals surface area contributed by atoms with Crippen molar-refractivity contribution >= 4 is 18.2 Å². The molecule has 0 atom stereocenters. The molecule has 0 radical (unpaired) electrons. The lowest BCUT2D eigenvalue weighted by Gasteiger charge is -2.26. The minimum atomic E-state index is -0.250. The molecule has 0 saturated carbocycles. The van der Waals surface area contributed by atoms with Gasteiger partial charge in [-0.15, -0.1) is 0 Å². The molecule has 170 valence electrons. The Morgan fingerprint density at radius 1 is 1.21 bits per heavy atom. The Hall–Kier alpha value is -4.43. The maximum atomic E-state index is 12.3. The summed E-state index contributed by atoms with van der Waals surface area (Å²) in [4.78, 5) is 26.6. The number of ether oxygens (including phenoxy) is 1. The normalized spacial score (nSPS) is 12.8.